The molecule has 0 unspecified atom stereocenters. The average Bonchev–Trinajstić information content (AvgIpc) is 2.36. The third-order valence-electron chi connectivity index (χ3n) is 2.82. The Morgan fingerprint density at radius 3 is 2.42 bits per heavy atom. The van der Waals surface area contributed by atoms with Crippen LogP contribution in [-0.2, 0) is 19.5 Å². The molecule has 101 valence electrons. The first kappa shape index (κ1) is 20.9. The normalized spacial score (nSPS) is 10.3. The van der Waals surface area contributed by atoms with Crippen LogP contribution in [0.3, 0.4) is 0 Å². The van der Waals surface area contributed by atoms with Crippen molar-refractivity contribution in [1.82, 2.24) is 0 Å². The first-order chi connectivity index (χ1) is 8.36. The van der Waals surface area contributed by atoms with Crippen molar-refractivity contribution in [2.75, 3.05) is 0 Å². The Morgan fingerprint density at radius 2 is 1.84 bits per heavy atom. The summed E-state index contributed by atoms with van der Waals surface area (Å²) < 4.78 is 0. The zero-order valence-electron chi connectivity index (χ0n) is 12.0. The summed E-state index contributed by atoms with van der Waals surface area (Å²) in [4.78, 5) is 0. The van der Waals surface area contributed by atoms with Gasteiger partial charge in [-0.15, -0.1) is 6.58 Å². The molecular formula is C17H23ClZn-. The number of hydrogen-bond donors (Lipinski definition) is 0. The molecule has 2 heteroatoms. The van der Waals surface area contributed by atoms with Crippen molar-refractivity contribution in [2.45, 2.75) is 45.4 Å². The van der Waals surface area contributed by atoms with Crippen LogP contribution in [0, 0.1) is 6.08 Å². The fourth-order valence-corrected chi connectivity index (χ4v) is 1.88. The fourth-order valence-electron chi connectivity index (χ4n) is 1.88. The van der Waals surface area contributed by atoms with Crippen LogP contribution in [0.25, 0.3) is 0 Å². The molecule has 0 aliphatic heterocycles. The summed E-state index contributed by atoms with van der Waals surface area (Å²) in [5.74, 6) is 0. The zero-order chi connectivity index (χ0) is 12.3. The van der Waals surface area contributed by atoms with Crippen LogP contribution in [0.5, 0.6) is 0 Å². The Kier molecular flexibility index (Phi) is 15.5. The molecular weight excluding hydrogens is 305 g/mol. The van der Waals surface area contributed by atoms with Crippen molar-refractivity contribution < 1.29 is 31.9 Å². The molecule has 0 fully saturated rings. The van der Waals surface area contributed by atoms with Gasteiger partial charge in [-0.2, -0.15) is 0 Å². The monoisotopic (exact) mass is 326 g/mol. The minimum atomic E-state index is 0. The van der Waals surface area contributed by atoms with E-state index in [1.54, 1.807) is 0 Å². The van der Waals surface area contributed by atoms with Crippen molar-refractivity contribution >= 4 is 0 Å². The van der Waals surface area contributed by atoms with Gasteiger partial charge in [-0.3, -0.25) is 0 Å². The van der Waals surface area contributed by atoms with Gasteiger partial charge in [0.1, 0.15) is 0 Å². The van der Waals surface area contributed by atoms with Crippen LogP contribution >= 0.6 is 0 Å². The second-order valence-electron chi connectivity index (χ2n) is 4.40. The van der Waals surface area contributed by atoms with Gasteiger partial charge in [0.05, 0.1) is 0 Å². The number of rotatable bonds is 8. The van der Waals surface area contributed by atoms with Crippen molar-refractivity contribution in [3.05, 3.63) is 60.2 Å². The van der Waals surface area contributed by atoms with Gasteiger partial charge in [-0.1, -0.05) is 68.2 Å². The van der Waals surface area contributed by atoms with E-state index in [1.807, 2.05) is 12.1 Å². The predicted octanol–water partition coefficient (Wildman–Crippen LogP) is 2.31. The number of hydrogen-bond acceptors (Lipinski definition) is 0. The SMILES string of the molecule is C=CCC(=[C]c1ccccc1)CCCCCC.[Cl-].[Zn]. The second kappa shape index (κ2) is 14.0. The molecule has 0 atom stereocenters. The van der Waals surface area contributed by atoms with E-state index in [2.05, 4.69) is 43.8 Å². The molecule has 0 aromatic heterocycles. The molecule has 19 heavy (non-hydrogen) atoms. The van der Waals surface area contributed by atoms with Gasteiger partial charge in [0.2, 0.25) is 0 Å². The van der Waals surface area contributed by atoms with Crippen molar-refractivity contribution in [3.63, 3.8) is 0 Å². The van der Waals surface area contributed by atoms with Gasteiger partial charge in [0.25, 0.3) is 0 Å². The molecule has 1 aromatic carbocycles. The maximum absolute atomic E-state index is 3.83. The molecule has 0 saturated carbocycles. The molecule has 0 spiro atoms. The van der Waals surface area contributed by atoms with E-state index in [0.29, 0.717) is 0 Å². The Bertz CT molecular complexity index is 344. The summed E-state index contributed by atoms with van der Waals surface area (Å²) in [7, 11) is 0. The van der Waals surface area contributed by atoms with Gasteiger partial charge in [0.15, 0.2) is 0 Å². The Morgan fingerprint density at radius 1 is 1.16 bits per heavy atom. The van der Waals surface area contributed by atoms with E-state index in [1.165, 1.54) is 36.8 Å². The molecule has 1 rings (SSSR count). The molecule has 0 N–H and O–H groups in total. The number of unbranched alkanes of at least 4 members (excludes halogenated alkanes) is 3. The summed E-state index contributed by atoms with van der Waals surface area (Å²) in [6.07, 6.45) is 12.8. The Balaban J connectivity index is 0. The van der Waals surface area contributed by atoms with Gasteiger partial charge < -0.3 is 12.4 Å². The first-order valence-electron chi connectivity index (χ1n) is 6.64. The maximum atomic E-state index is 3.83. The largest absolute Gasteiger partial charge is 1.00 e. The van der Waals surface area contributed by atoms with Crippen LogP contribution in [0.2, 0.25) is 0 Å². The first-order valence-corrected chi connectivity index (χ1v) is 6.64. The standard InChI is InChI=1S/C17H23.ClH.Zn/c1-3-5-6-8-12-16(11-4-2)15-17-13-9-7-10-14-17;;/h4,7,9-10,13-14H,2-3,5-6,8,11-12H2,1H3;1H;/p-1. The topological polar surface area (TPSA) is 0 Å². The molecule has 0 bridgehead atoms. The van der Waals surface area contributed by atoms with Gasteiger partial charge >= 0.3 is 0 Å². The predicted molar refractivity (Wildman–Crippen MR) is 75.9 cm³/mol. The summed E-state index contributed by atoms with van der Waals surface area (Å²) in [6.45, 7) is 6.07. The number of allylic oxidation sites excluding steroid dienone is 2. The summed E-state index contributed by atoms with van der Waals surface area (Å²) >= 11 is 0. The molecule has 1 aromatic rings. The van der Waals surface area contributed by atoms with Crippen LogP contribution in [-0.4, -0.2) is 0 Å². The molecule has 0 aliphatic rings. The minimum absolute atomic E-state index is 0. The summed E-state index contributed by atoms with van der Waals surface area (Å²) in [5, 5.41) is 0. The van der Waals surface area contributed by atoms with E-state index < -0.39 is 0 Å². The molecule has 1 radical (unpaired) electrons. The Labute approximate surface area is 137 Å². The van der Waals surface area contributed by atoms with Crippen LogP contribution < -0.4 is 12.4 Å². The Hall–Kier alpha value is -0.387. The minimum Gasteiger partial charge on any atom is -1.00 e. The zero-order valence-corrected chi connectivity index (χ0v) is 15.7. The molecule has 0 heterocycles. The fraction of sp³-hybridized carbons (Fsp3) is 0.412. The summed E-state index contributed by atoms with van der Waals surface area (Å²) in [6, 6.07) is 10.4. The smallest absolute Gasteiger partial charge is 0 e. The second-order valence-corrected chi connectivity index (χ2v) is 4.40. The van der Waals surface area contributed by atoms with E-state index in [4.69, 9.17) is 0 Å². The number of halogens is 1. The van der Waals surface area contributed by atoms with Crippen LogP contribution in [0.4, 0.5) is 0 Å². The average molecular weight is 328 g/mol. The molecule has 0 amide bonds. The third-order valence-corrected chi connectivity index (χ3v) is 2.82. The van der Waals surface area contributed by atoms with E-state index in [-0.39, 0.29) is 31.9 Å². The third kappa shape index (κ3) is 10.1. The number of benzene rings is 1. The molecule has 0 saturated heterocycles. The quantitative estimate of drug-likeness (QED) is 0.390. The molecule has 0 nitrogen and oxygen atoms in total. The van der Waals surface area contributed by atoms with Crippen molar-refractivity contribution in [3.8, 4) is 0 Å². The van der Waals surface area contributed by atoms with Crippen molar-refractivity contribution in [2.24, 2.45) is 0 Å². The van der Waals surface area contributed by atoms with Crippen molar-refractivity contribution in [1.29, 1.82) is 0 Å². The van der Waals surface area contributed by atoms with E-state index >= 15 is 0 Å². The maximum Gasteiger partial charge on any atom is 0 e. The summed E-state index contributed by atoms with van der Waals surface area (Å²) in [5.41, 5.74) is 2.56. The van der Waals surface area contributed by atoms with Gasteiger partial charge in [-0.25, -0.2) is 0 Å². The van der Waals surface area contributed by atoms with E-state index in [0.717, 1.165) is 12.8 Å². The van der Waals surface area contributed by atoms with Crippen LogP contribution in [0.15, 0.2) is 48.6 Å². The van der Waals surface area contributed by atoms with E-state index in [9.17, 15) is 0 Å². The molecule has 0 aliphatic carbocycles. The van der Waals surface area contributed by atoms with Gasteiger partial charge in [-0.05, 0) is 30.9 Å². The van der Waals surface area contributed by atoms with Gasteiger partial charge in [0, 0.05) is 19.5 Å². The van der Waals surface area contributed by atoms with Crippen LogP contribution in [0.1, 0.15) is 51.0 Å².